The van der Waals surface area contributed by atoms with E-state index in [1.165, 1.54) is 0 Å². The van der Waals surface area contributed by atoms with E-state index in [-0.39, 0.29) is 17.7 Å². The summed E-state index contributed by atoms with van der Waals surface area (Å²) in [5.74, 6) is 0. The molecule has 1 heterocycles. The molecule has 2 unspecified atom stereocenters. The van der Waals surface area contributed by atoms with Gasteiger partial charge in [-0.25, -0.2) is 13.6 Å². The molecule has 0 fully saturated rings. The van der Waals surface area contributed by atoms with Crippen molar-refractivity contribution in [3.05, 3.63) is 51.7 Å². The van der Waals surface area contributed by atoms with Crippen LogP contribution in [0.25, 0.3) is 0 Å². The van der Waals surface area contributed by atoms with Crippen molar-refractivity contribution in [3.8, 4) is 0 Å². The molecule has 2 rings (SSSR count). The summed E-state index contributed by atoms with van der Waals surface area (Å²) in [6, 6.07) is 2.19. The van der Waals surface area contributed by atoms with Crippen molar-refractivity contribution in [2.45, 2.75) is 34.3 Å². The SMILES string of the molecule is O=S(C1=CC(C(F)(C(F)(F)F)C(F)(F)F)=CC(Br)(c2cccnc2Cl)C1)C(F)(F)F. The molecule has 0 aliphatic heterocycles. The van der Waals surface area contributed by atoms with Gasteiger partial charge in [0.15, 0.2) is 10.8 Å². The topological polar surface area (TPSA) is 30.0 Å². The average Bonchev–Trinajstić information content (AvgIpc) is 2.57. The predicted octanol–water partition coefficient (Wildman–Crippen LogP) is 6.64. The quantitative estimate of drug-likeness (QED) is 0.238. The highest BCUT2D eigenvalue weighted by molar-refractivity contribution is 9.09. The van der Waals surface area contributed by atoms with E-state index in [1.54, 1.807) is 0 Å². The summed E-state index contributed by atoms with van der Waals surface area (Å²) >= 11 is 8.53. The van der Waals surface area contributed by atoms with Crippen LogP contribution >= 0.6 is 27.5 Å². The van der Waals surface area contributed by atoms with Gasteiger partial charge in [0.2, 0.25) is 0 Å². The van der Waals surface area contributed by atoms with Crippen LogP contribution in [-0.4, -0.2) is 32.7 Å². The molecule has 0 spiro atoms. The average molecular weight is 555 g/mol. The van der Waals surface area contributed by atoms with Crippen LogP contribution in [-0.2, 0) is 15.1 Å². The zero-order valence-corrected chi connectivity index (χ0v) is 17.1. The van der Waals surface area contributed by atoms with Gasteiger partial charge in [-0.2, -0.15) is 39.5 Å². The molecule has 0 aromatic carbocycles. The molecule has 1 aliphatic rings. The lowest BCUT2D eigenvalue weighted by atomic mass is 9.83. The number of hydrogen-bond acceptors (Lipinski definition) is 2. The maximum Gasteiger partial charge on any atom is 0.475 e. The fraction of sp³-hybridized carbons (Fsp3) is 0.400. The summed E-state index contributed by atoms with van der Waals surface area (Å²) in [5, 5.41) is -0.493. The van der Waals surface area contributed by atoms with Crippen molar-refractivity contribution in [3.63, 3.8) is 0 Å². The van der Waals surface area contributed by atoms with E-state index < -0.39 is 60.7 Å². The van der Waals surface area contributed by atoms with Gasteiger partial charge in [0.1, 0.15) is 5.15 Å². The predicted molar refractivity (Wildman–Crippen MR) is 90.8 cm³/mol. The number of pyridine rings is 1. The molecule has 0 bridgehead atoms. The third-order valence-electron chi connectivity index (χ3n) is 3.97. The van der Waals surface area contributed by atoms with Crippen LogP contribution in [0.4, 0.5) is 43.9 Å². The molecule has 0 amide bonds. The van der Waals surface area contributed by atoms with Gasteiger partial charge < -0.3 is 0 Å². The Hall–Kier alpha value is -1.15. The highest BCUT2D eigenvalue weighted by atomic mass is 79.9. The lowest BCUT2D eigenvalue weighted by Gasteiger charge is -2.37. The smallest absolute Gasteiger partial charge is 0.246 e. The molecular formula is C15H7BrClF10NOS. The molecular weight excluding hydrogens is 548 g/mol. The highest BCUT2D eigenvalue weighted by Gasteiger charge is 2.74. The number of halogens is 12. The minimum absolute atomic E-state index is 0.105. The van der Waals surface area contributed by atoms with Crippen LogP contribution in [0.1, 0.15) is 12.0 Å². The lowest BCUT2D eigenvalue weighted by molar-refractivity contribution is -0.325. The van der Waals surface area contributed by atoms with Gasteiger partial charge in [-0.3, -0.25) is 0 Å². The van der Waals surface area contributed by atoms with E-state index in [9.17, 15) is 48.1 Å². The van der Waals surface area contributed by atoms with Gasteiger partial charge in [0.05, 0.1) is 4.32 Å². The van der Waals surface area contributed by atoms with E-state index in [4.69, 9.17) is 11.6 Å². The summed E-state index contributed by atoms with van der Waals surface area (Å²) in [7, 11) is -4.03. The van der Waals surface area contributed by atoms with Crippen LogP contribution < -0.4 is 0 Å². The van der Waals surface area contributed by atoms with E-state index in [2.05, 4.69) is 20.9 Å². The van der Waals surface area contributed by atoms with Gasteiger partial charge >= 0.3 is 23.5 Å². The standard InChI is InChI=1S/C15H7BrClF10NOS/c16-11(9-2-1-3-28-10(9)17)5-7(4-8(6-11)30(29)15(25,26)27)12(18,13(19,20)21)14(22,23)24/h1-5H,6H2. The Balaban J connectivity index is 2.85. The van der Waals surface area contributed by atoms with Crippen molar-refractivity contribution in [1.29, 1.82) is 0 Å². The molecule has 1 aliphatic carbocycles. The van der Waals surface area contributed by atoms with Crippen molar-refractivity contribution < 1.29 is 48.1 Å². The molecule has 168 valence electrons. The summed E-state index contributed by atoms with van der Waals surface area (Å²) in [5.41, 5.74) is -14.2. The number of aromatic nitrogens is 1. The van der Waals surface area contributed by atoms with Crippen LogP contribution in [0.3, 0.4) is 0 Å². The van der Waals surface area contributed by atoms with Gasteiger partial charge in [-0.15, -0.1) is 0 Å². The normalized spacial score (nSPS) is 22.4. The zero-order valence-electron chi connectivity index (χ0n) is 13.9. The first kappa shape index (κ1) is 25.1. The second-order valence-corrected chi connectivity index (χ2v) is 9.26. The highest BCUT2D eigenvalue weighted by Crippen LogP contribution is 2.56. The zero-order chi connectivity index (χ0) is 23.3. The first-order chi connectivity index (χ1) is 13.3. The lowest BCUT2D eigenvalue weighted by Crippen LogP contribution is -2.55. The summed E-state index contributed by atoms with van der Waals surface area (Å²) in [4.78, 5) is 2.13. The minimum atomic E-state index is -6.59. The first-order valence-electron chi connectivity index (χ1n) is 7.39. The Morgan fingerprint density at radius 1 is 1.03 bits per heavy atom. The Kier molecular flexibility index (Phi) is 6.50. The Bertz CT molecular complexity index is 909. The molecule has 15 heteroatoms. The van der Waals surface area contributed by atoms with Crippen molar-refractivity contribution in [2.75, 3.05) is 0 Å². The number of hydrogen-bond donors (Lipinski definition) is 0. The maximum absolute atomic E-state index is 14.6. The third-order valence-corrected chi connectivity index (χ3v) is 6.36. The van der Waals surface area contributed by atoms with Crippen molar-refractivity contribution in [2.24, 2.45) is 0 Å². The molecule has 0 radical (unpaired) electrons. The first-order valence-corrected chi connectivity index (χ1v) is 9.71. The number of rotatable bonds is 3. The van der Waals surface area contributed by atoms with E-state index >= 15 is 0 Å². The summed E-state index contributed by atoms with van der Waals surface area (Å²) in [6.07, 6.45) is -13.4. The van der Waals surface area contributed by atoms with Gasteiger partial charge in [-0.1, -0.05) is 39.7 Å². The van der Waals surface area contributed by atoms with Gasteiger partial charge in [0.25, 0.3) is 0 Å². The Labute approximate surface area is 177 Å². The largest absolute Gasteiger partial charge is 0.475 e. The van der Waals surface area contributed by atoms with Crippen molar-refractivity contribution in [1.82, 2.24) is 4.98 Å². The van der Waals surface area contributed by atoms with E-state index in [1.807, 2.05) is 0 Å². The molecule has 2 atom stereocenters. The maximum atomic E-state index is 14.6. The monoisotopic (exact) mass is 553 g/mol. The number of nitrogens with zero attached hydrogens (tertiary/aromatic N) is 1. The van der Waals surface area contributed by atoms with Crippen LogP contribution in [0, 0.1) is 0 Å². The molecule has 0 N–H and O–H groups in total. The van der Waals surface area contributed by atoms with Gasteiger partial charge in [-0.05, 0) is 12.1 Å². The third kappa shape index (κ3) is 4.40. The van der Waals surface area contributed by atoms with Crippen LogP contribution in [0.15, 0.2) is 41.0 Å². The van der Waals surface area contributed by atoms with E-state index in [0.29, 0.717) is 0 Å². The van der Waals surface area contributed by atoms with Crippen LogP contribution in [0.2, 0.25) is 5.15 Å². The van der Waals surface area contributed by atoms with E-state index in [0.717, 1.165) is 18.3 Å². The summed E-state index contributed by atoms with van der Waals surface area (Å²) < 4.78 is 142. The van der Waals surface area contributed by atoms with Crippen LogP contribution in [0.5, 0.6) is 0 Å². The molecule has 2 nitrogen and oxygen atoms in total. The number of allylic oxidation sites excluding steroid dienone is 4. The molecule has 1 aromatic heterocycles. The number of alkyl halides is 11. The Morgan fingerprint density at radius 3 is 2.00 bits per heavy atom. The molecule has 30 heavy (non-hydrogen) atoms. The Morgan fingerprint density at radius 2 is 1.57 bits per heavy atom. The fourth-order valence-electron chi connectivity index (χ4n) is 2.64. The molecule has 0 saturated carbocycles. The second kappa shape index (κ2) is 7.76. The van der Waals surface area contributed by atoms with Crippen molar-refractivity contribution >= 4 is 38.3 Å². The fourth-order valence-corrected chi connectivity index (χ4v) is 4.99. The molecule has 0 saturated heterocycles. The second-order valence-electron chi connectivity index (χ2n) is 5.96. The molecule has 1 aromatic rings. The summed E-state index contributed by atoms with van der Waals surface area (Å²) in [6.45, 7) is 0. The van der Waals surface area contributed by atoms with Gasteiger partial charge in [0, 0.05) is 28.7 Å². The minimum Gasteiger partial charge on any atom is -0.246 e.